The van der Waals surface area contributed by atoms with Gasteiger partial charge in [0.15, 0.2) is 0 Å². The molecule has 1 aromatic rings. The lowest BCUT2D eigenvalue weighted by Crippen LogP contribution is -2.21. The number of aryl methyl sites for hydroxylation is 2. The van der Waals surface area contributed by atoms with E-state index in [1.807, 2.05) is 6.92 Å². The number of amides is 1. The van der Waals surface area contributed by atoms with Crippen LogP contribution in [0.1, 0.15) is 48.8 Å². The molecule has 1 amide bonds. The van der Waals surface area contributed by atoms with E-state index >= 15 is 0 Å². The Morgan fingerprint density at radius 1 is 1.31 bits per heavy atom. The Morgan fingerprint density at radius 3 is 2.62 bits per heavy atom. The maximum absolute atomic E-state index is 11.3. The summed E-state index contributed by atoms with van der Waals surface area (Å²) in [4.78, 5) is 11.3. The summed E-state index contributed by atoms with van der Waals surface area (Å²) >= 11 is 0. The van der Waals surface area contributed by atoms with Gasteiger partial charge in [-0.05, 0) is 48.8 Å². The third-order valence-corrected chi connectivity index (χ3v) is 3.53. The number of carbonyl (C=O) groups is 1. The molecule has 1 unspecified atom stereocenters. The van der Waals surface area contributed by atoms with E-state index in [0.29, 0.717) is 0 Å². The summed E-state index contributed by atoms with van der Waals surface area (Å²) in [5, 5.41) is 0. The molecule has 0 radical (unpaired) electrons. The van der Waals surface area contributed by atoms with Gasteiger partial charge in [0.1, 0.15) is 0 Å². The first-order valence-electron chi connectivity index (χ1n) is 6.13. The SMILES string of the molecule is CCC(C(N)=O)c1ccc2c(c1)CCCC2. The summed E-state index contributed by atoms with van der Waals surface area (Å²) in [5.74, 6) is -0.328. The van der Waals surface area contributed by atoms with Crippen molar-refractivity contribution in [3.63, 3.8) is 0 Å². The van der Waals surface area contributed by atoms with Crippen molar-refractivity contribution in [2.75, 3.05) is 0 Å². The zero-order valence-corrected chi connectivity index (χ0v) is 9.83. The molecular weight excluding hydrogens is 198 g/mol. The molecule has 0 heterocycles. The molecule has 2 nitrogen and oxygen atoms in total. The lowest BCUT2D eigenvalue weighted by molar-refractivity contribution is -0.119. The molecular formula is C14H19NO. The largest absolute Gasteiger partial charge is 0.369 e. The number of rotatable bonds is 3. The highest BCUT2D eigenvalue weighted by Crippen LogP contribution is 2.26. The van der Waals surface area contributed by atoms with Crippen LogP contribution in [0.4, 0.5) is 0 Å². The zero-order valence-electron chi connectivity index (χ0n) is 9.83. The number of primary amides is 1. The first-order chi connectivity index (χ1) is 7.72. The summed E-state index contributed by atoms with van der Waals surface area (Å²) in [6.45, 7) is 2.01. The van der Waals surface area contributed by atoms with Crippen LogP contribution in [0.15, 0.2) is 18.2 Å². The van der Waals surface area contributed by atoms with Gasteiger partial charge in [-0.2, -0.15) is 0 Å². The minimum absolute atomic E-state index is 0.118. The Morgan fingerprint density at radius 2 is 2.00 bits per heavy atom. The number of hydrogen-bond acceptors (Lipinski definition) is 1. The van der Waals surface area contributed by atoms with E-state index in [4.69, 9.17) is 5.73 Å². The fourth-order valence-corrected chi connectivity index (χ4v) is 2.57. The summed E-state index contributed by atoms with van der Waals surface area (Å²) in [6, 6.07) is 6.44. The van der Waals surface area contributed by atoms with Gasteiger partial charge in [-0.15, -0.1) is 0 Å². The van der Waals surface area contributed by atoms with Crippen molar-refractivity contribution in [2.24, 2.45) is 5.73 Å². The predicted molar refractivity (Wildman–Crippen MR) is 65.3 cm³/mol. The zero-order chi connectivity index (χ0) is 11.5. The average molecular weight is 217 g/mol. The van der Waals surface area contributed by atoms with Crippen LogP contribution in [0, 0.1) is 0 Å². The average Bonchev–Trinajstić information content (AvgIpc) is 2.29. The molecule has 86 valence electrons. The monoisotopic (exact) mass is 217 g/mol. The highest BCUT2D eigenvalue weighted by atomic mass is 16.1. The molecule has 1 aliphatic rings. The van der Waals surface area contributed by atoms with E-state index in [9.17, 15) is 4.79 Å². The fraction of sp³-hybridized carbons (Fsp3) is 0.500. The molecule has 2 N–H and O–H groups in total. The van der Waals surface area contributed by atoms with Crippen molar-refractivity contribution in [3.05, 3.63) is 34.9 Å². The Hall–Kier alpha value is -1.31. The Bertz CT molecular complexity index is 398. The molecule has 1 atom stereocenters. The second-order valence-electron chi connectivity index (χ2n) is 4.60. The Labute approximate surface area is 96.8 Å². The lowest BCUT2D eigenvalue weighted by atomic mass is 9.86. The number of hydrogen-bond donors (Lipinski definition) is 1. The molecule has 1 aromatic carbocycles. The van der Waals surface area contributed by atoms with Gasteiger partial charge in [-0.1, -0.05) is 25.1 Å². The number of carbonyl (C=O) groups excluding carboxylic acids is 1. The molecule has 16 heavy (non-hydrogen) atoms. The molecule has 0 saturated carbocycles. The van der Waals surface area contributed by atoms with Crippen molar-refractivity contribution >= 4 is 5.91 Å². The van der Waals surface area contributed by atoms with Gasteiger partial charge in [-0.25, -0.2) is 0 Å². The van der Waals surface area contributed by atoms with Gasteiger partial charge < -0.3 is 5.73 Å². The predicted octanol–water partition coefficient (Wildman–Crippen LogP) is 2.54. The highest BCUT2D eigenvalue weighted by Gasteiger charge is 2.17. The van der Waals surface area contributed by atoms with Crippen molar-refractivity contribution in [1.82, 2.24) is 0 Å². The maximum Gasteiger partial charge on any atom is 0.224 e. The topological polar surface area (TPSA) is 43.1 Å². The van der Waals surface area contributed by atoms with Crippen LogP contribution in [0.25, 0.3) is 0 Å². The summed E-state index contributed by atoms with van der Waals surface area (Å²) in [7, 11) is 0. The van der Waals surface area contributed by atoms with E-state index in [2.05, 4.69) is 18.2 Å². The van der Waals surface area contributed by atoms with E-state index in [1.54, 1.807) is 0 Å². The highest BCUT2D eigenvalue weighted by molar-refractivity contribution is 5.81. The smallest absolute Gasteiger partial charge is 0.224 e. The van der Waals surface area contributed by atoms with Gasteiger partial charge in [0.2, 0.25) is 5.91 Å². The van der Waals surface area contributed by atoms with Crippen LogP contribution < -0.4 is 5.73 Å². The van der Waals surface area contributed by atoms with Crippen molar-refractivity contribution in [3.8, 4) is 0 Å². The second kappa shape index (κ2) is 4.69. The molecule has 0 fully saturated rings. The normalized spacial score (nSPS) is 16.6. The van der Waals surface area contributed by atoms with Gasteiger partial charge >= 0.3 is 0 Å². The van der Waals surface area contributed by atoms with Crippen LogP contribution >= 0.6 is 0 Å². The number of nitrogens with two attached hydrogens (primary N) is 1. The molecule has 0 spiro atoms. The fourth-order valence-electron chi connectivity index (χ4n) is 2.57. The Balaban J connectivity index is 2.32. The van der Waals surface area contributed by atoms with Crippen molar-refractivity contribution < 1.29 is 4.79 Å². The first kappa shape index (κ1) is 11.2. The quantitative estimate of drug-likeness (QED) is 0.830. The van der Waals surface area contributed by atoms with Gasteiger partial charge in [0.25, 0.3) is 0 Å². The molecule has 0 aliphatic heterocycles. The van der Waals surface area contributed by atoms with Gasteiger partial charge in [0.05, 0.1) is 5.92 Å². The summed E-state index contributed by atoms with van der Waals surface area (Å²) < 4.78 is 0. The minimum atomic E-state index is -0.210. The number of benzene rings is 1. The van der Waals surface area contributed by atoms with Crippen molar-refractivity contribution in [1.29, 1.82) is 0 Å². The van der Waals surface area contributed by atoms with Gasteiger partial charge in [0, 0.05) is 0 Å². The van der Waals surface area contributed by atoms with Crippen LogP contribution in [0.2, 0.25) is 0 Å². The van der Waals surface area contributed by atoms with Crippen LogP contribution in [0.5, 0.6) is 0 Å². The number of fused-ring (bicyclic) bond motifs is 1. The maximum atomic E-state index is 11.3. The summed E-state index contributed by atoms with van der Waals surface area (Å²) in [5.41, 5.74) is 9.38. The van der Waals surface area contributed by atoms with E-state index in [0.717, 1.165) is 18.4 Å². The molecule has 1 aliphatic carbocycles. The molecule has 0 aromatic heterocycles. The van der Waals surface area contributed by atoms with Crippen LogP contribution in [-0.4, -0.2) is 5.91 Å². The third kappa shape index (κ3) is 2.11. The second-order valence-corrected chi connectivity index (χ2v) is 4.60. The van der Waals surface area contributed by atoms with E-state index in [1.165, 1.54) is 30.4 Å². The standard InChI is InChI=1S/C14H19NO/c1-2-13(14(15)16)12-8-7-10-5-3-4-6-11(10)9-12/h7-9,13H,2-6H2,1H3,(H2,15,16). The van der Waals surface area contributed by atoms with Crippen LogP contribution in [-0.2, 0) is 17.6 Å². The van der Waals surface area contributed by atoms with Gasteiger partial charge in [-0.3, -0.25) is 4.79 Å². The summed E-state index contributed by atoms with van der Waals surface area (Å²) in [6.07, 6.45) is 5.68. The minimum Gasteiger partial charge on any atom is -0.369 e. The Kier molecular flexibility index (Phi) is 3.28. The molecule has 2 rings (SSSR count). The third-order valence-electron chi connectivity index (χ3n) is 3.53. The van der Waals surface area contributed by atoms with E-state index in [-0.39, 0.29) is 11.8 Å². The lowest BCUT2D eigenvalue weighted by Gasteiger charge is -2.19. The first-order valence-corrected chi connectivity index (χ1v) is 6.13. The van der Waals surface area contributed by atoms with E-state index < -0.39 is 0 Å². The molecule has 2 heteroatoms. The molecule has 0 bridgehead atoms. The van der Waals surface area contributed by atoms with Crippen molar-refractivity contribution in [2.45, 2.75) is 44.9 Å². The van der Waals surface area contributed by atoms with Crippen LogP contribution in [0.3, 0.4) is 0 Å². The molecule has 0 saturated heterocycles.